The van der Waals surface area contributed by atoms with Gasteiger partial charge in [0.1, 0.15) is 0 Å². The molecule has 0 heterocycles. The maximum atomic E-state index is 9.53. The molecule has 0 N–H and O–H groups in total. The van der Waals surface area contributed by atoms with Gasteiger partial charge in [-0.05, 0) is 0 Å². The maximum absolute atomic E-state index is 9.53. The summed E-state index contributed by atoms with van der Waals surface area (Å²) in [6.07, 6.45) is -0.833. The topological polar surface area (TPSA) is 46.1 Å². The summed E-state index contributed by atoms with van der Waals surface area (Å²) in [6, 6.07) is 0. The molecule has 0 aromatic rings. The van der Waals surface area contributed by atoms with Crippen molar-refractivity contribution in [2.24, 2.45) is 0 Å². The van der Waals surface area contributed by atoms with Crippen LogP contribution in [0.1, 0.15) is 27.7 Å². The van der Waals surface area contributed by atoms with Crippen molar-refractivity contribution in [3.05, 3.63) is 0 Å². The summed E-state index contributed by atoms with van der Waals surface area (Å²) in [5.74, 6) is 0. The average Bonchev–Trinajstić information content (AvgIpc) is 1.25. The smallest absolute Gasteiger partial charge is 0.852 e. The fourth-order valence-electron chi connectivity index (χ4n) is 0. The van der Waals surface area contributed by atoms with E-state index < -0.39 is 12.2 Å². The maximum Gasteiger partial charge on any atom is 4.00 e. The second-order valence-electron chi connectivity index (χ2n) is 2.10. The normalized spacial score (nSPS) is 8.00. The third-order valence-corrected chi connectivity index (χ3v) is 0. The summed E-state index contributed by atoms with van der Waals surface area (Å²) >= 11 is 0. The van der Waals surface area contributed by atoms with Gasteiger partial charge in [-0.2, -0.15) is 0 Å². The van der Waals surface area contributed by atoms with Gasteiger partial charge >= 0.3 is 25.8 Å². The van der Waals surface area contributed by atoms with E-state index in [-0.39, 0.29) is 25.8 Å². The van der Waals surface area contributed by atoms with Gasteiger partial charge < -0.3 is 10.2 Å². The van der Waals surface area contributed by atoms with Crippen LogP contribution in [0.15, 0.2) is 0 Å². The molecule has 0 atom stereocenters. The third kappa shape index (κ3) is 649. The van der Waals surface area contributed by atoms with Crippen LogP contribution in [0, 0.1) is 0 Å². The van der Waals surface area contributed by atoms with Gasteiger partial charge in [0.15, 0.2) is 0 Å². The Kier molecular flexibility index (Phi) is 21.1. The minimum atomic E-state index is -0.417. The summed E-state index contributed by atoms with van der Waals surface area (Å²) in [5.41, 5.74) is 0. The number of hydrogen-bond donors (Lipinski definition) is 0. The van der Waals surface area contributed by atoms with Crippen molar-refractivity contribution in [1.29, 1.82) is 0 Å². The van der Waals surface area contributed by atoms with Crippen molar-refractivity contribution < 1.29 is 36.1 Å². The van der Waals surface area contributed by atoms with Gasteiger partial charge in [-0.15, -0.1) is 12.2 Å². The first-order valence-electron chi connectivity index (χ1n) is 2.78. The monoisotopic (exact) mass is 298 g/mol. The average molecular weight is 297 g/mol. The van der Waals surface area contributed by atoms with Crippen LogP contribution < -0.4 is 10.2 Å². The van der Waals surface area contributed by atoms with Crippen LogP contribution in [-0.2, 0) is 25.8 Å². The van der Waals surface area contributed by atoms with Crippen molar-refractivity contribution in [3.63, 3.8) is 0 Å². The van der Waals surface area contributed by atoms with Gasteiger partial charge in [0.05, 0.1) is 0 Å². The van der Waals surface area contributed by atoms with Crippen molar-refractivity contribution in [2.45, 2.75) is 39.9 Å². The first kappa shape index (κ1) is 16.4. The molecule has 0 amide bonds. The summed E-state index contributed by atoms with van der Waals surface area (Å²) in [7, 11) is 0. The van der Waals surface area contributed by atoms with Crippen LogP contribution in [0.4, 0.5) is 0 Å². The minimum Gasteiger partial charge on any atom is -0.852 e. The molecule has 52 valence electrons. The van der Waals surface area contributed by atoms with E-state index in [1.807, 2.05) is 0 Å². The van der Waals surface area contributed by atoms with E-state index in [1.165, 1.54) is 0 Å². The second kappa shape index (κ2) is 11.6. The molecule has 0 radical (unpaired) electrons. The summed E-state index contributed by atoms with van der Waals surface area (Å²) in [4.78, 5) is 0. The molecule has 2 nitrogen and oxygen atoms in total. The Balaban J connectivity index is -0.0000000720. The molecule has 0 spiro atoms. The van der Waals surface area contributed by atoms with Crippen molar-refractivity contribution in [3.8, 4) is 0 Å². The molecule has 9 heavy (non-hydrogen) atoms. The zero-order valence-electron chi connectivity index (χ0n) is 6.47. The van der Waals surface area contributed by atoms with E-state index in [0.29, 0.717) is 0 Å². The minimum absolute atomic E-state index is 0. The molecule has 0 aliphatic heterocycles. The summed E-state index contributed by atoms with van der Waals surface area (Å²) in [5, 5.41) is 19.1. The van der Waals surface area contributed by atoms with Gasteiger partial charge in [-0.1, -0.05) is 27.7 Å². The SMILES string of the molecule is CC(C)[O-].CC(C)[O-].[Hf+4]. The standard InChI is InChI=1S/2C3H7O.Hf/c2*1-3(2)4;/h2*3H,1-2H3;/q2*-1;+4. The molecule has 3 heteroatoms. The van der Waals surface area contributed by atoms with Crippen LogP contribution in [0.2, 0.25) is 0 Å². The Labute approximate surface area is 76.1 Å². The fourth-order valence-corrected chi connectivity index (χ4v) is 0. The predicted octanol–water partition coefficient (Wildman–Crippen LogP) is -0.492. The van der Waals surface area contributed by atoms with Crippen LogP contribution >= 0.6 is 0 Å². The Hall–Kier alpha value is 0.790. The summed E-state index contributed by atoms with van der Waals surface area (Å²) < 4.78 is 0. The van der Waals surface area contributed by atoms with E-state index in [9.17, 15) is 10.2 Å². The molecule has 0 saturated heterocycles. The largest absolute Gasteiger partial charge is 4.00 e. The first-order chi connectivity index (χ1) is 3.46. The van der Waals surface area contributed by atoms with Crippen LogP contribution in [-0.4, -0.2) is 12.2 Å². The Morgan fingerprint density at radius 3 is 0.778 bits per heavy atom. The second-order valence-corrected chi connectivity index (χ2v) is 2.10. The van der Waals surface area contributed by atoms with Crippen LogP contribution in [0.5, 0.6) is 0 Å². The molecule has 0 aliphatic rings. The molecule has 0 unspecified atom stereocenters. The van der Waals surface area contributed by atoms with E-state index in [1.54, 1.807) is 27.7 Å². The molecule has 0 saturated carbocycles. The predicted molar refractivity (Wildman–Crippen MR) is 30.3 cm³/mol. The van der Waals surface area contributed by atoms with Crippen LogP contribution in [0.3, 0.4) is 0 Å². The molecule has 0 aromatic heterocycles. The molecule has 0 aliphatic carbocycles. The molecule has 0 rings (SSSR count). The molecule has 0 aromatic carbocycles. The van der Waals surface area contributed by atoms with Gasteiger partial charge in [-0.3, -0.25) is 0 Å². The zero-order valence-corrected chi connectivity index (χ0v) is 10.1. The quantitative estimate of drug-likeness (QED) is 0.566. The van der Waals surface area contributed by atoms with Gasteiger partial charge in [-0.25, -0.2) is 0 Å². The fraction of sp³-hybridized carbons (Fsp3) is 1.00. The van der Waals surface area contributed by atoms with E-state index >= 15 is 0 Å². The third-order valence-electron chi connectivity index (χ3n) is 0. The van der Waals surface area contributed by atoms with E-state index in [0.717, 1.165) is 0 Å². The molecule has 0 bridgehead atoms. The molecular weight excluding hydrogens is 283 g/mol. The molecular formula is C6H14HfO2+2. The van der Waals surface area contributed by atoms with E-state index in [2.05, 4.69) is 0 Å². The van der Waals surface area contributed by atoms with Gasteiger partial charge in [0.25, 0.3) is 0 Å². The van der Waals surface area contributed by atoms with E-state index in [4.69, 9.17) is 0 Å². The first-order valence-corrected chi connectivity index (χ1v) is 2.78. The Bertz CT molecular complexity index is 26.5. The van der Waals surface area contributed by atoms with Gasteiger partial charge in [0.2, 0.25) is 0 Å². The van der Waals surface area contributed by atoms with Crippen LogP contribution in [0.25, 0.3) is 0 Å². The number of hydrogen-bond acceptors (Lipinski definition) is 2. The van der Waals surface area contributed by atoms with Crippen molar-refractivity contribution in [2.75, 3.05) is 0 Å². The number of rotatable bonds is 0. The molecule has 0 fully saturated rings. The van der Waals surface area contributed by atoms with Gasteiger partial charge in [0, 0.05) is 0 Å². The van der Waals surface area contributed by atoms with Crippen molar-refractivity contribution in [1.82, 2.24) is 0 Å². The Morgan fingerprint density at radius 2 is 0.778 bits per heavy atom. The Morgan fingerprint density at radius 1 is 0.778 bits per heavy atom. The van der Waals surface area contributed by atoms with Crippen molar-refractivity contribution >= 4 is 0 Å². The summed E-state index contributed by atoms with van der Waals surface area (Å²) in [6.45, 7) is 6.44. The zero-order chi connectivity index (χ0) is 7.15.